The lowest BCUT2D eigenvalue weighted by Gasteiger charge is -2.09. The summed E-state index contributed by atoms with van der Waals surface area (Å²) in [5.41, 5.74) is 0.108. The highest BCUT2D eigenvalue weighted by molar-refractivity contribution is 7.90. The van der Waals surface area contributed by atoms with Crippen molar-refractivity contribution in [2.24, 2.45) is 0 Å². The van der Waals surface area contributed by atoms with Gasteiger partial charge < -0.3 is 0 Å². The molecule has 0 aliphatic rings. The van der Waals surface area contributed by atoms with Crippen LogP contribution < -0.4 is 4.72 Å². The van der Waals surface area contributed by atoms with Crippen LogP contribution in [0.2, 0.25) is 20.1 Å². The van der Waals surface area contributed by atoms with Gasteiger partial charge in [-0.2, -0.15) is 0 Å². The third-order valence-corrected chi connectivity index (χ3v) is 6.34. The number of hydrogen-bond acceptors (Lipinski definition) is 5. The Bertz CT molecular complexity index is 1250. The molecular weight excluding hydrogens is 489 g/mol. The normalized spacial score (nSPS) is 11.5. The summed E-state index contributed by atoms with van der Waals surface area (Å²) < 4.78 is 41.6. The highest BCUT2D eigenvalue weighted by atomic mass is 35.5. The molecule has 0 aliphatic carbocycles. The summed E-state index contributed by atoms with van der Waals surface area (Å²) in [6.07, 6.45) is 0. The van der Waals surface area contributed by atoms with E-state index < -0.39 is 26.6 Å². The molecule has 152 valence electrons. The van der Waals surface area contributed by atoms with Crippen LogP contribution in [0.25, 0.3) is 5.69 Å². The number of carbonyl (C=O) groups excluding carboxylic acids is 1. The Kier molecular flexibility index (Phi) is 6.07. The minimum absolute atomic E-state index is 0.0180. The van der Waals surface area contributed by atoms with Gasteiger partial charge in [0.1, 0.15) is 10.7 Å². The maximum Gasteiger partial charge on any atom is 0.287 e. The largest absolute Gasteiger partial charge is 0.287 e. The average Bonchev–Trinajstić information content (AvgIpc) is 3.01. The third kappa shape index (κ3) is 4.34. The number of halogens is 5. The molecule has 2 aromatic carbocycles. The van der Waals surface area contributed by atoms with Crippen molar-refractivity contribution in [2.45, 2.75) is 11.8 Å². The summed E-state index contributed by atoms with van der Waals surface area (Å²) in [6.45, 7) is 1.46. The smallest absolute Gasteiger partial charge is 0.266 e. The van der Waals surface area contributed by atoms with Crippen molar-refractivity contribution in [3.05, 3.63) is 67.6 Å². The van der Waals surface area contributed by atoms with E-state index in [0.717, 1.165) is 12.1 Å². The Balaban J connectivity index is 1.96. The predicted octanol–water partition coefficient (Wildman–Crippen LogP) is 4.45. The van der Waals surface area contributed by atoms with E-state index in [4.69, 9.17) is 46.4 Å². The van der Waals surface area contributed by atoms with E-state index in [9.17, 15) is 17.6 Å². The maximum atomic E-state index is 13.9. The fourth-order valence-corrected chi connectivity index (χ4v) is 4.27. The van der Waals surface area contributed by atoms with Gasteiger partial charge in [-0.3, -0.25) is 4.79 Å². The molecule has 3 rings (SSSR count). The van der Waals surface area contributed by atoms with E-state index in [1.54, 1.807) is 4.72 Å². The minimum Gasteiger partial charge on any atom is -0.266 e. The predicted molar refractivity (Wildman–Crippen MR) is 107 cm³/mol. The molecule has 29 heavy (non-hydrogen) atoms. The second kappa shape index (κ2) is 8.08. The van der Waals surface area contributed by atoms with Crippen LogP contribution in [0.15, 0.2) is 35.2 Å². The monoisotopic (exact) mass is 496 g/mol. The number of nitrogens with zero attached hydrogens (tertiary/aromatic N) is 3. The van der Waals surface area contributed by atoms with Crippen LogP contribution in [0.1, 0.15) is 16.2 Å². The average molecular weight is 498 g/mol. The molecule has 3 aromatic rings. The number of benzene rings is 2. The summed E-state index contributed by atoms with van der Waals surface area (Å²) in [5.74, 6) is -2.19. The molecule has 13 heteroatoms. The molecule has 0 bridgehead atoms. The van der Waals surface area contributed by atoms with Crippen LogP contribution >= 0.6 is 46.4 Å². The first-order chi connectivity index (χ1) is 13.5. The summed E-state index contributed by atoms with van der Waals surface area (Å²) >= 11 is 23.7. The number of sulfonamides is 1. The van der Waals surface area contributed by atoms with Crippen molar-refractivity contribution in [1.29, 1.82) is 0 Å². The number of amides is 1. The van der Waals surface area contributed by atoms with Gasteiger partial charge in [-0.05, 0) is 37.3 Å². The van der Waals surface area contributed by atoms with Crippen LogP contribution in [0.5, 0.6) is 0 Å². The SMILES string of the molecule is Cc1c(C(=O)NS(=O)(=O)c2cc(Cl)ccc2F)nnn1-c1cc(Cl)c(Cl)cc1Cl. The standard InChI is InChI=1S/C16H9Cl4FN4O3S/c1-7-15(22-24-25(7)13-6-10(19)9(18)5-11(13)20)16(26)23-29(27,28)14-4-8(17)2-3-12(14)21/h2-6H,1H3,(H,23,26). The van der Waals surface area contributed by atoms with Crippen molar-refractivity contribution in [3.8, 4) is 5.69 Å². The molecule has 0 fully saturated rings. The molecule has 0 saturated heterocycles. The summed E-state index contributed by atoms with van der Waals surface area (Å²) in [4.78, 5) is 11.7. The second-order valence-corrected chi connectivity index (χ2v) is 8.97. The Morgan fingerprint density at radius 2 is 1.72 bits per heavy atom. The fourth-order valence-electron chi connectivity index (χ4n) is 2.35. The maximum absolute atomic E-state index is 13.9. The number of nitrogens with one attached hydrogen (secondary N) is 1. The molecule has 0 atom stereocenters. The van der Waals surface area contributed by atoms with Crippen molar-refractivity contribution < 1.29 is 17.6 Å². The lowest BCUT2D eigenvalue weighted by atomic mass is 10.3. The molecule has 0 saturated carbocycles. The van der Waals surface area contributed by atoms with Crippen molar-refractivity contribution in [3.63, 3.8) is 0 Å². The number of carbonyl (C=O) groups is 1. The third-order valence-electron chi connectivity index (χ3n) is 3.74. The van der Waals surface area contributed by atoms with E-state index in [1.807, 2.05) is 0 Å². The van der Waals surface area contributed by atoms with Crippen molar-refractivity contribution in [2.75, 3.05) is 0 Å². The highest BCUT2D eigenvalue weighted by Gasteiger charge is 2.26. The van der Waals surface area contributed by atoms with Gasteiger partial charge in [0.2, 0.25) is 0 Å². The minimum atomic E-state index is -4.55. The zero-order chi connectivity index (χ0) is 21.5. The lowest BCUT2D eigenvalue weighted by molar-refractivity contribution is 0.0976. The molecule has 1 amide bonds. The Hall–Kier alpha value is -1.91. The van der Waals surface area contributed by atoms with E-state index in [1.165, 1.54) is 29.8 Å². The van der Waals surface area contributed by atoms with E-state index in [-0.39, 0.29) is 37.2 Å². The molecule has 7 nitrogen and oxygen atoms in total. The molecule has 1 heterocycles. The second-order valence-electron chi connectivity index (χ2n) is 5.66. The van der Waals surface area contributed by atoms with Gasteiger partial charge in [0.15, 0.2) is 5.69 Å². The highest BCUT2D eigenvalue weighted by Crippen LogP contribution is 2.31. The summed E-state index contributed by atoms with van der Waals surface area (Å²) in [5, 5.41) is 8.04. The van der Waals surface area contributed by atoms with Gasteiger partial charge in [0, 0.05) is 5.02 Å². The number of hydrogen-bond donors (Lipinski definition) is 1. The summed E-state index contributed by atoms with van der Waals surface area (Å²) in [6, 6.07) is 5.72. The van der Waals surface area contributed by atoms with Gasteiger partial charge in [-0.25, -0.2) is 22.2 Å². The van der Waals surface area contributed by atoms with Crippen molar-refractivity contribution in [1.82, 2.24) is 19.7 Å². The van der Waals surface area contributed by atoms with Gasteiger partial charge in [0.05, 0.1) is 26.4 Å². The first kappa shape index (κ1) is 21.8. The Labute approximate surface area is 184 Å². The quantitative estimate of drug-likeness (QED) is 0.537. The molecule has 0 unspecified atom stereocenters. The van der Waals surface area contributed by atoms with Gasteiger partial charge >= 0.3 is 0 Å². The Morgan fingerprint density at radius 3 is 2.41 bits per heavy atom. The fraction of sp³-hybridized carbons (Fsp3) is 0.0625. The first-order valence-electron chi connectivity index (χ1n) is 7.60. The molecule has 0 radical (unpaired) electrons. The van der Waals surface area contributed by atoms with Crippen LogP contribution in [0, 0.1) is 12.7 Å². The molecule has 1 aromatic heterocycles. The first-order valence-corrected chi connectivity index (χ1v) is 10.6. The molecular formula is C16H9Cl4FN4O3S. The lowest BCUT2D eigenvalue weighted by Crippen LogP contribution is -2.32. The zero-order valence-electron chi connectivity index (χ0n) is 14.3. The van der Waals surface area contributed by atoms with Crippen LogP contribution in [-0.4, -0.2) is 29.3 Å². The topological polar surface area (TPSA) is 93.9 Å². The van der Waals surface area contributed by atoms with E-state index in [2.05, 4.69) is 10.3 Å². The van der Waals surface area contributed by atoms with Gasteiger partial charge in [-0.1, -0.05) is 51.6 Å². The number of rotatable bonds is 4. The van der Waals surface area contributed by atoms with Gasteiger partial charge in [-0.15, -0.1) is 5.10 Å². The van der Waals surface area contributed by atoms with Crippen LogP contribution in [0.4, 0.5) is 4.39 Å². The van der Waals surface area contributed by atoms with Crippen LogP contribution in [0.3, 0.4) is 0 Å². The Morgan fingerprint density at radius 1 is 1.07 bits per heavy atom. The van der Waals surface area contributed by atoms with Crippen molar-refractivity contribution >= 4 is 62.3 Å². The number of aromatic nitrogens is 3. The zero-order valence-corrected chi connectivity index (χ0v) is 18.1. The molecule has 1 N–H and O–H groups in total. The molecule has 0 aliphatic heterocycles. The summed E-state index contributed by atoms with van der Waals surface area (Å²) in [7, 11) is -4.55. The van der Waals surface area contributed by atoms with E-state index in [0.29, 0.717) is 0 Å². The molecule has 0 spiro atoms. The van der Waals surface area contributed by atoms with Crippen LogP contribution in [-0.2, 0) is 10.0 Å². The van der Waals surface area contributed by atoms with Gasteiger partial charge in [0.25, 0.3) is 15.9 Å². The van der Waals surface area contributed by atoms with E-state index >= 15 is 0 Å².